The summed E-state index contributed by atoms with van der Waals surface area (Å²) in [6.07, 6.45) is 1.68. The van der Waals surface area contributed by atoms with E-state index in [2.05, 4.69) is 4.98 Å². The Balaban J connectivity index is 2.08. The second-order valence-corrected chi connectivity index (χ2v) is 4.71. The molecule has 1 saturated heterocycles. The van der Waals surface area contributed by atoms with E-state index in [-0.39, 0.29) is 24.1 Å². The van der Waals surface area contributed by atoms with Crippen LogP contribution in [0.1, 0.15) is 16.4 Å². The molecule has 0 amide bonds. The van der Waals surface area contributed by atoms with E-state index in [1.807, 2.05) is 4.57 Å². The molecule has 19 heavy (non-hydrogen) atoms. The summed E-state index contributed by atoms with van der Waals surface area (Å²) in [5.74, 6) is -0.943. The molecule has 1 aliphatic heterocycles. The highest BCUT2D eigenvalue weighted by molar-refractivity contribution is 5.92. The molecule has 2 heterocycles. The normalized spacial score (nSPS) is 23.0. The van der Waals surface area contributed by atoms with Gasteiger partial charge >= 0.3 is 5.97 Å². The second kappa shape index (κ2) is 4.64. The summed E-state index contributed by atoms with van der Waals surface area (Å²) >= 11 is 0. The van der Waals surface area contributed by atoms with Gasteiger partial charge in [0.15, 0.2) is 0 Å². The third-order valence-corrected chi connectivity index (χ3v) is 3.58. The summed E-state index contributed by atoms with van der Waals surface area (Å²) in [6.45, 7) is 1.07. The summed E-state index contributed by atoms with van der Waals surface area (Å²) in [4.78, 5) is 15.3. The van der Waals surface area contributed by atoms with Crippen LogP contribution >= 0.6 is 0 Å². The Kier molecular flexibility index (Phi) is 2.96. The van der Waals surface area contributed by atoms with Crippen LogP contribution in [0.5, 0.6) is 0 Å². The van der Waals surface area contributed by atoms with Crippen molar-refractivity contribution in [3.63, 3.8) is 0 Å². The fourth-order valence-electron chi connectivity index (χ4n) is 2.49. The van der Waals surface area contributed by atoms with Crippen LogP contribution in [0.4, 0.5) is 0 Å². The lowest BCUT2D eigenvalue weighted by Gasteiger charge is -2.17. The van der Waals surface area contributed by atoms with Gasteiger partial charge < -0.3 is 19.5 Å². The number of aliphatic hydroxyl groups excluding tert-OH is 1. The Hall–Kier alpha value is -1.92. The Morgan fingerprint density at radius 1 is 1.47 bits per heavy atom. The first-order valence-electron chi connectivity index (χ1n) is 6.09. The van der Waals surface area contributed by atoms with Gasteiger partial charge in [-0.3, -0.25) is 0 Å². The number of imidazole rings is 1. The molecule has 100 valence electrons. The topological polar surface area (TPSA) is 84.6 Å². The van der Waals surface area contributed by atoms with E-state index in [9.17, 15) is 9.90 Å². The molecule has 0 spiro atoms. The van der Waals surface area contributed by atoms with Crippen molar-refractivity contribution in [1.29, 1.82) is 0 Å². The van der Waals surface area contributed by atoms with E-state index in [4.69, 9.17) is 9.84 Å². The minimum absolute atomic E-state index is 0.000884. The molecule has 6 nitrogen and oxygen atoms in total. The number of benzene rings is 1. The van der Waals surface area contributed by atoms with Gasteiger partial charge in [0, 0.05) is 5.92 Å². The maximum absolute atomic E-state index is 11.0. The molecule has 2 N–H and O–H groups in total. The Morgan fingerprint density at radius 2 is 2.32 bits per heavy atom. The number of carboxylic acid groups (broad SMARTS) is 1. The number of nitrogens with zero attached hydrogens (tertiary/aromatic N) is 2. The molecule has 0 aliphatic carbocycles. The van der Waals surface area contributed by atoms with Crippen LogP contribution in [0.25, 0.3) is 11.0 Å². The van der Waals surface area contributed by atoms with E-state index >= 15 is 0 Å². The highest BCUT2D eigenvalue weighted by Gasteiger charge is 2.30. The largest absolute Gasteiger partial charge is 0.478 e. The number of aromatic carboxylic acids is 1. The van der Waals surface area contributed by atoms with Gasteiger partial charge in [-0.25, -0.2) is 9.78 Å². The van der Waals surface area contributed by atoms with E-state index in [1.165, 1.54) is 6.07 Å². The van der Waals surface area contributed by atoms with Crippen molar-refractivity contribution in [1.82, 2.24) is 9.55 Å². The molecule has 2 atom stereocenters. The van der Waals surface area contributed by atoms with Gasteiger partial charge in [0.05, 0.1) is 48.8 Å². The fourth-order valence-corrected chi connectivity index (χ4v) is 2.49. The molecule has 1 fully saturated rings. The SMILES string of the molecule is O=C(O)c1ccc2ncn([C@H]3COC[C@H]3CO)c2c1. The maximum atomic E-state index is 11.0. The molecule has 0 saturated carbocycles. The number of hydrogen-bond donors (Lipinski definition) is 2. The predicted octanol–water partition coefficient (Wildman–Crippen LogP) is 0.914. The third-order valence-electron chi connectivity index (χ3n) is 3.58. The van der Waals surface area contributed by atoms with Crippen molar-refractivity contribution < 1.29 is 19.7 Å². The van der Waals surface area contributed by atoms with Gasteiger partial charge in [0.25, 0.3) is 0 Å². The lowest BCUT2D eigenvalue weighted by molar-refractivity contribution is 0.0697. The molecule has 0 bridgehead atoms. The Bertz CT molecular complexity index is 622. The molecule has 6 heteroatoms. The number of fused-ring (bicyclic) bond motifs is 1. The third kappa shape index (κ3) is 1.98. The van der Waals surface area contributed by atoms with Crippen LogP contribution in [0.2, 0.25) is 0 Å². The summed E-state index contributed by atoms with van der Waals surface area (Å²) in [7, 11) is 0. The monoisotopic (exact) mass is 262 g/mol. The summed E-state index contributed by atoms with van der Waals surface area (Å²) < 4.78 is 7.28. The summed E-state index contributed by atoms with van der Waals surface area (Å²) in [5, 5.41) is 18.4. The Morgan fingerprint density at radius 3 is 3.05 bits per heavy atom. The Labute approximate surface area is 109 Å². The van der Waals surface area contributed by atoms with Gasteiger partial charge in [-0.05, 0) is 18.2 Å². The molecule has 0 radical (unpaired) electrons. The molecule has 0 unspecified atom stereocenters. The first-order chi connectivity index (χ1) is 9.20. The number of hydrogen-bond acceptors (Lipinski definition) is 4. The minimum Gasteiger partial charge on any atom is -0.478 e. The molecule has 2 aromatic rings. The van der Waals surface area contributed by atoms with Gasteiger partial charge in [0.2, 0.25) is 0 Å². The molecular weight excluding hydrogens is 248 g/mol. The lowest BCUT2D eigenvalue weighted by Crippen LogP contribution is -2.20. The minimum atomic E-state index is -0.962. The average molecular weight is 262 g/mol. The van der Waals surface area contributed by atoms with Crippen LogP contribution in [0.3, 0.4) is 0 Å². The maximum Gasteiger partial charge on any atom is 0.335 e. The van der Waals surface area contributed by atoms with Crippen molar-refractivity contribution in [3.8, 4) is 0 Å². The van der Waals surface area contributed by atoms with Crippen LogP contribution in [-0.2, 0) is 4.74 Å². The number of ether oxygens (including phenoxy) is 1. The van der Waals surface area contributed by atoms with Crippen molar-refractivity contribution >= 4 is 17.0 Å². The zero-order valence-electron chi connectivity index (χ0n) is 10.2. The molecule has 1 aromatic carbocycles. The first-order valence-corrected chi connectivity index (χ1v) is 6.09. The van der Waals surface area contributed by atoms with Crippen LogP contribution < -0.4 is 0 Å². The predicted molar refractivity (Wildman–Crippen MR) is 67.1 cm³/mol. The van der Waals surface area contributed by atoms with E-state index in [0.29, 0.717) is 13.2 Å². The average Bonchev–Trinajstić information content (AvgIpc) is 3.03. The fraction of sp³-hybridized carbons (Fsp3) is 0.385. The quantitative estimate of drug-likeness (QED) is 0.859. The number of carboxylic acids is 1. The number of rotatable bonds is 3. The van der Waals surface area contributed by atoms with Crippen molar-refractivity contribution in [2.45, 2.75) is 6.04 Å². The van der Waals surface area contributed by atoms with E-state index in [1.54, 1.807) is 18.5 Å². The highest BCUT2D eigenvalue weighted by Crippen LogP contribution is 2.29. The first kappa shape index (κ1) is 12.1. The zero-order valence-corrected chi connectivity index (χ0v) is 10.2. The van der Waals surface area contributed by atoms with Crippen LogP contribution in [-0.4, -0.2) is 45.6 Å². The highest BCUT2D eigenvalue weighted by atomic mass is 16.5. The lowest BCUT2D eigenvalue weighted by atomic mass is 10.0. The molecule has 3 rings (SSSR count). The molecule has 1 aliphatic rings. The number of carbonyl (C=O) groups is 1. The van der Waals surface area contributed by atoms with E-state index in [0.717, 1.165) is 11.0 Å². The molecule has 1 aromatic heterocycles. The number of aliphatic hydroxyl groups is 1. The molecular formula is C13H14N2O4. The van der Waals surface area contributed by atoms with Crippen molar-refractivity contribution in [3.05, 3.63) is 30.1 Å². The van der Waals surface area contributed by atoms with Gasteiger partial charge in [-0.2, -0.15) is 0 Å². The van der Waals surface area contributed by atoms with E-state index < -0.39 is 5.97 Å². The number of aromatic nitrogens is 2. The van der Waals surface area contributed by atoms with Crippen LogP contribution in [0.15, 0.2) is 24.5 Å². The van der Waals surface area contributed by atoms with Crippen molar-refractivity contribution in [2.75, 3.05) is 19.8 Å². The smallest absolute Gasteiger partial charge is 0.335 e. The van der Waals surface area contributed by atoms with Gasteiger partial charge in [-0.1, -0.05) is 0 Å². The zero-order chi connectivity index (χ0) is 13.4. The summed E-state index contributed by atoms with van der Waals surface area (Å²) in [5.41, 5.74) is 1.73. The van der Waals surface area contributed by atoms with Crippen molar-refractivity contribution in [2.24, 2.45) is 5.92 Å². The van der Waals surface area contributed by atoms with Gasteiger partial charge in [-0.15, -0.1) is 0 Å². The van der Waals surface area contributed by atoms with Crippen LogP contribution in [0, 0.1) is 5.92 Å². The second-order valence-electron chi connectivity index (χ2n) is 4.71. The summed E-state index contributed by atoms with van der Waals surface area (Å²) in [6, 6.07) is 4.84. The van der Waals surface area contributed by atoms with Gasteiger partial charge in [0.1, 0.15) is 0 Å². The standard InChI is InChI=1S/C13H14N2O4/c16-4-9-5-19-6-12(9)15-7-14-10-2-1-8(13(17)18)3-11(10)15/h1-3,7,9,12,16H,4-6H2,(H,17,18)/t9-,12+/m1/s1.